The Labute approximate surface area is 94.4 Å². The first-order valence-electron chi connectivity index (χ1n) is 5.15. The molecule has 0 aromatic heterocycles. The monoisotopic (exact) mass is 225 g/mol. The third-order valence-corrected chi connectivity index (χ3v) is 2.60. The van der Waals surface area contributed by atoms with Crippen LogP contribution in [0.1, 0.15) is 13.8 Å². The second-order valence-corrected chi connectivity index (χ2v) is 3.52. The quantitative estimate of drug-likeness (QED) is 0.684. The van der Waals surface area contributed by atoms with E-state index in [1.807, 2.05) is 0 Å². The first-order chi connectivity index (χ1) is 7.61. The molecule has 5 nitrogen and oxygen atoms in total. The minimum absolute atomic E-state index is 0.156. The van der Waals surface area contributed by atoms with Crippen LogP contribution in [0.5, 0.6) is 0 Å². The Bertz CT molecular complexity index is 342. The molecule has 1 saturated heterocycles. The summed E-state index contributed by atoms with van der Waals surface area (Å²) < 4.78 is 5.12. The first-order valence-corrected chi connectivity index (χ1v) is 5.15. The van der Waals surface area contributed by atoms with Crippen molar-refractivity contribution in [2.45, 2.75) is 19.9 Å². The Morgan fingerprint density at radius 1 is 1.50 bits per heavy atom. The van der Waals surface area contributed by atoms with E-state index in [9.17, 15) is 9.59 Å². The Morgan fingerprint density at radius 3 is 2.69 bits per heavy atom. The van der Waals surface area contributed by atoms with E-state index in [2.05, 4.69) is 11.8 Å². The smallest absolute Gasteiger partial charge is 0.311 e. The zero-order valence-electron chi connectivity index (χ0n) is 9.40. The summed E-state index contributed by atoms with van der Waals surface area (Å²) in [6.07, 6.45) is 0. The molecular weight excluding hydrogens is 210 g/mol. The topological polar surface area (TPSA) is 66.8 Å². The summed E-state index contributed by atoms with van der Waals surface area (Å²) in [6, 6.07) is -0.407. The van der Waals surface area contributed by atoms with Gasteiger partial charge < -0.3 is 14.7 Å². The van der Waals surface area contributed by atoms with Gasteiger partial charge in [0.2, 0.25) is 0 Å². The Morgan fingerprint density at radius 2 is 2.19 bits per heavy atom. The lowest BCUT2D eigenvalue weighted by Gasteiger charge is -2.27. The van der Waals surface area contributed by atoms with Crippen LogP contribution >= 0.6 is 0 Å². The number of amides is 1. The van der Waals surface area contributed by atoms with Gasteiger partial charge in [-0.25, -0.2) is 0 Å². The predicted molar refractivity (Wildman–Crippen MR) is 56.6 cm³/mol. The largest absolute Gasteiger partial charge is 0.481 e. The molecule has 16 heavy (non-hydrogen) atoms. The van der Waals surface area contributed by atoms with Crippen LogP contribution in [0.2, 0.25) is 0 Å². The molecule has 2 unspecified atom stereocenters. The van der Waals surface area contributed by atoms with E-state index in [4.69, 9.17) is 9.84 Å². The summed E-state index contributed by atoms with van der Waals surface area (Å²) >= 11 is 0. The molecule has 0 aromatic rings. The molecule has 1 rings (SSSR count). The zero-order chi connectivity index (χ0) is 12.1. The summed E-state index contributed by atoms with van der Waals surface area (Å²) in [6.45, 7) is 4.23. The Hall–Kier alpha value is -1.54. The van der Waals surface area contributed by atoms with Gasteiger partial charge in [-0.2, -0.15) is 0 Å². The highest BCUT2D eigenvalue weighted by atomic mass is 16.5. The molecule has 5 heteroatoms. The van der Waals surface area contributed by atoms with Crippen LogP contribution in [0.4, 0.5) is 0 Å². The molecule has 1 heterocycles. The van der Waals surface area contributed by atoms with Gasteiger partial charge in [-0.1, -0.05) is 5.92 Å². The summed E-state index contributed by atoms with van der Waals surface area (Å²) in [7, 11) is 0. The van der Waals surface area contributed by atoms with E-state index in [-0.39, 0.29) is 19.1 Å². The van der Waals surface area contributed by atoms with Crippen molar-refractivity contribution in [2.24, 2.45) is 5.92 Å². The number of ether oxygens (including phenoxy) is 1. The normalized spacial score (nSPS) is 23.4. The van der Waals surface area contributed by atoms with Crippen molar-refractivity contribution < 1.29 is 19.4 Å². The highest BCUT2D eigenvalue weighted by Crippen LogP contribution is 2.19. The number of aliphatic carboxylic acids is 1. The first kappa shape index (κ1) is 12.5. The molecule has 0 spiro atoms. The van der Waals surface area contributed by atoms with Crippen molar-refractivity contribution >= 4 is 11.9 Å². The van der Waals surface area contributed by atoms with E-state index >= 15 is 0 Å². The van der Waals surface area contributed by atoms with Gasteiger partial charge in [0, 0.05) is 6.54 Å². The summed E-state index contributed by atoms with van der Waals surface area (Å²) in [5.41, 5.74) is 0. The van der Waals surface area contributed by atoms with Gasteiger partial charge in [-0.15, -0.1) is 0 Å². The molecular formula is C11H15NO4. The fraction of sp³-hybridized carbons (Fsp3) is 0.636. The van der Waals surface area contributed by atoms with E-state index < -0.39 is 17.9 Å². The van der Waals surface area contributed by atoms with Crippen LogP contribution in [-0.4, -0.2) is 47.7 Å². The maximum absolute atomic E-state index is 11.6. The molecule has 0 radical (unpaired) electrons. The number of nitrogens with zero attached hydrogens (tertiary/aromatic N) is 1. The van der Waals surface area contributed by atoms with Crippen molar-refractivity contribution in [1.82, 2.24) is 4.90 Å². The summed E-state index contributed by atoms with van der Waals surface area (Å²) in [5.74, 6) is 3.02. The molecule has 0 aromatic carbocycles. The number of carboxylic acid groups (broad SMARTS) is 1. The molecule has 0 saturated carbocycles. The Balaban J connectivity index is 2.82. The van der Waals surface area contributed by atoms with E-state index in [0.29, 0.717) is 6.54 Å². The minimum Gasteiger partial charge on any atom is -0.481 e. The molecule has 88 valence electrons. The highest BCUT2D eigenvalue weighted by Gasteiger charge is 2.39. The maximum Gasteiger partial charge on any atom is 0.311 e. The maximum atomic E-state index is 11.6. The highest BCUT2D eigenvalue weighted by molar-refractivity contribution is 5.94. The number of carbonyl (C=O) groups is 2. The van der Waals surface area contributed by atoms with Crippen LogP contribution in [0.25, 0.3) is 0 Å². The molecule has 1 N–H and O–H groups in total. The van der Waals surface area contributed by atoms with Crippen molar-refractivity contribution in [3.8, 4) is 11.8 Å². The fourth-order valence-corrected chi connectivity index (χ4v) is 1.79. The fourth-order valence-electron chi connectivity index (χ4n) is 1.79. The Kier molecular flexibility index (Phi) is 4.32. The predicted octanol–water partition coefficient (Wildman–Crippen LogP) is -0.0422. The van der Waals surface area contributed by atoms with Crippen LogP contribution in [-0.2, 0) is 14.3 Å². The van der Waals surface area contributed by atoms with Crippen molar-refractivity contribution in [2.75, 3.05) is 19.8 Å². The van der Waals surface area contributed by atoms with Gasteiger partial charge in [0.1, 0.15) is 5.92 Å². The number of hydrogen-bond donors (Lipinski definition) is 1. The van der Waals surface area contributed by atoms with Gasteiger partial charge >= 0.3 is 5.97 Å². The van der Waals surface area contributed by atoms with E-state index in [0.717, 1.165) is 0 Å². The standard InChI is InChI=1S/C11H15NO4/c1-3-5-10(13)12(4-2)9-7-16-6-8(9)11(14)15/h8-9H,4,6-7H2,1-2H3,(H,14,15). The third-order valence-electron chi connectivity index (χ3n) is 2.60. The van der Waals surface area contributed by atoms with Crippen molar-refractivity contribution in [1.29, 1.82) is 0 Å². The van der Waals surface area contributed by atoms with Crippen molar-refractivity contribution in [3.63, 3.8) is 0 Å². The number of likely N-dealkylation sites (N-methyl/N-ethyl adjacent to an activating group) is 1. The van der Waals surface area contributed by atoms with Gasteiger partial charge in [0.15, 0.2) is 0 Å². The molecule has 0 bridgehead atoms. The molecule has 1 fully saturated rings. The second-order valence-electron chi connectivity index (χ2n) is 3.52. The lowest BCUT2D eigenvalue weighted by Crippen LogP contribution is -2.46. The van der Waals surface area contributed by atoms with Gasteiger partial charge in [0.05, 0.1) is 19.3 Å². The number of carboxylic acids is 1. The average Bonchev–Trinajstić information content (AvgIpc) is 2.68. The molecule has 1 amide bonds. The third kappa shape index (κ3) is 2.52. The van der Waals surface area contributed by atoms with Gasteiger partial charge in [0.25, 0.3) is 5.91 Å². The van der Waals surface area contributed by atoms with Crippen molar-refractivity contribution in [3.05, 3.63) is 0 Å². The van der Waals surface area contributed by atoms with E-state index in [1.165, 1.54) is 4.90 Å². The average molecular weight is 225 g/mol. The number of carbonyl (C=O) groups excluding carboxylic acids is 1. The molecule has 1 aliphatic heterocycles. The SMILES string of the molecule is CC#CC(=O)N(CC)C1COCC1C(=O)O. The van der Waals surface area contributed by atoms with Gasteiger partial charge in [-0.3, -0.25) is 9.59 Å². The van der Waals surface area contributed by atoms with E-state index in [1.54, 1.807) is 13.8 Å². The molecule has 2 atom stereocenters. The zero-order valence-corrected chi connectivity index (χ0v) is 9.40. The summed E-state index contributed by atoms with van der Waals surface area (Å²) in [5, 5.41) is 8.99. The summed E-state index contributed by atoms with van der Waals surface area (Å²) in [4.78, 5) is 24.1. The van der Waals surface area contributed by atoms with Gasteiger partial charge in [-0.05, 0) is 19.8 Å². The lowest BCUT2D eigenvalue weighted by atomic mass is 10.0. The number of rotatable bonds is 3. The second kappa shape index (κ2) is 5.52. The minimum atomic E-state index is -0.932. The lowest BCUT2D eigenvalue weighted by molar-refractivity contribution is -0.144. The molecule has 0 aliphatic carbocycles. The number of hydrogen-bond acceptors (Lipinski definition) is 3. The van der Waals surface area contributed by atoms with Crippen LogP contribution in [0.3, 0.4) is 0 Å². The molecule has 1 aliphatic rings. The van der Waals surface area contributed by atoms with Crippen LogP contribution < -0.4 is 0 Å². The van der Waals surface area contributed by atoms with Crippen LogP contribution in [0.15, 0.2) is 0 Å². The van der Waals surface area contributed by atoms with Crippen LogP contribution in [0, 0.1) is 17.8 Å².